The van der Waals surface area contributed by atoms with Gasteiger partial charge in [0.1, 0.15) is 5.75 Å². The summed E-state index contributed by atoms with van der Waals surface area (Å²) in [5.41, 5.74) is 4.08. The average Bonchev–Trinajstić information content (AvgIpc) is 2.59. The third kappa shape index (κ3) is 0.649. The van der Waals surface area contributed by atoms with Gasteiger partial charge in [-0.15, -0.1) is 0 Å². The molecule has 0 aromatic heterocycles. The highest BCUT2D eigenvalue weighted by Gasteiger charge is 2.27. The smallest absolute Gasteiger partial charge is 0.116 e. The van der Waals surface area contributed by atoms with Gasteiger partial charge in [-0.05, 0) is 36.1 Å². The quantitative estimate of drug-likeness (QED) is 0.620. The predicted molar refractivity (Wildman–Crippen MR) is 47.7 cm³/mol. The highest BCUT2D eigenvalue weighted by atomic mass is 16.3. The lowest BCUT2D eigenvalue weighted by Gasteiger charge is -2.10. The highest BCUT2D eigenvalue weighted by molar-refractivity contribution is 5.68. The Hall–Kier alpha value is -1.18. The van der Waals surface area contributed by atoms with Gasteiger partial charge < -0.3 is 10.0 Å². The Kier molecular flexibility index (Phi) is 1.03. The van der Waals surface area contributed by atoms with Crippen LogP contribution in [0, 0.1) is 0 Å². The van der Waals surface area contributed by atoms with E-state index in [-0.39, 0.29) is 0 Å². The SMILES string of the molecule is Oc1cc2c3c(c1)CCN3CC2. The van der Waals surface area contributed by atoms with Crippen LogP contribution in [0.15, 0.2) is 12.1 Å². The molecule has 0 spiro atoms. The van der Waals surface area contributed by atoms with E-state index in [0.29, 0.717) is 5.75 Å². The summed E-state index contributed by atoms with van der Waals surface area (Å²) < 4.78 is 0. The second kappa shape index (κ2) is 1.94. The molecule has 1 N–H and O–H groups in total. The van der Waals surface area contributed by atoms with Gasteiger partial charge in [-0.25, -0.2) is 0 Å². The van der Waals surface area contributed by atoms with E-state index in [1.165, 1.54) is 16.8 Å². The maximum atomic E-state index is 9.41. The number of hydrogen-bond donors (Lipinski definition) is 1. The standard InChI is InChI=1S/C10H11NO/c12-9-5-7-1-3-11-4-2-8(6-9)10(7)11/h5-6,12H,1-4H2. The molecule has 0 aliphatic carbocycles. The first-order valence-electron chi connectivity index (χ1n) is 4.44. The lowest BCUT2D eigenvalue weighted by molar-refractivity contribution is 0.474. The molecule has 1 aromatic carbocycles. The van der Waals surface area contributed by atoms with Crippen molar-refractivity contribution in [2.75, 3.05) is 18.0 Å². The number of nitrogens with zero attached hydrogens (tertiary/aromatic N) is 1. The van der Waals surface area contributed by atoms with E-state index in [0.717, 1.165) is 25.9 Å². The summed E-state index contributed by atoms with van der Waals surface area (Å²) in [6.07, 6.45) is 2.22. The maximum absolute atomic E-state index is 9.41. The van der Waals surface area contributed by atoms with E-state index < -0.39 is 0 Å². The number of phenols is 1. The van der Waals surface area contributed by atoms with Gasteiger partial charge in [-0.3, -0.25) is 0 Å². The Labute approximate surface area is 71.4 Å². The Balaban J connectivity index is 2.29. The van der Waals surface area contributed by atoms with Gasteiger partial charge in [-0.1, -0.05) is 0 Å². The minimum atomic E-state index is 0.438. The van der Waals surface area contributed by atoms with E-state index in [1.807, 2.05) is 12.1 Å². The Morgan fingerprint density at radius 2 is 1.67 bits per heavy atom. The summed E-state index contributed by atoms with van der Waals surface area (Å²) in [7, 11) is 0. The fraction of sp³-hybridized carbons (Fsp3) is 0.400. The van der Waals surface area contributed by atoms with Crippen LogP contribution in [0.1, 0.15) is 11.1 Å². The molecular formula is C10H11NO. The molecule has 2 heterocycles. The molecule has 0 saturated carbocycles. The molecule has 3 rings (SSSR count). The van der Waals surface area contributed by atoms with Crippen molar-refractivity contribution in [2.45, 2.75) is 12.8 Å². The lowest BCUT2D eigenvalue weighted by Crippen LogP contribution is -2.17. The second-order valence-electron chi connectivity index (χ2n) is 3.60. The minimum absolute atomic E-state index is 0.438. The van der Waals surface area contributed by atoms with Crippen molar-refractivity contribution in [1.29, 1.82) is 0 Å². The van der Waals surface area contributed by atoms with E-state index in [1.54, 1.807) is 0 Å². The van der Waals surface area contributed by atoms with Crippen LogP contribution >= 0.6 is 0 Å². The lowest BCUT2D eigenvalue weighted by atomic mass is 10.1. The molecule has 1 aromatic rings. The van der Waals surface area contributed by atoms with Crippen LogP contribution in [0.4, 0.5) is 5.69 Å². The van der Waals surface area contributed by atoms with Crippen molar-refractivity contribution in [3.05, 3.63) is 23.3 Å². The van der Waals surface area contributed by atoms with Crippen molar-refractivity contribution in [3.63, 3.8) is 0 Å². The molecule has 2 nitrogen and oxygen atoms in total. The molecule has 0 amide bonds. The summed E-state index contributed by atoms with van der Waals surface area (Å²) in [4.78, 5) is 2.42. The molecule has 12 heavy (non-hydrogen) atoms. The molecule has 0 radical (unpaired) electrons. The topological polar surface area (TPSA) is 23.5 Å². The number of hydrogen-bond acceptors (Lipinski definition) is 2. The van der Waals surface area contributed by atoms with Gasteiger partial charge in [0.2, 0.25) is 0 Å². The summed E-state index contributed by atoms with van der Waals surface area (Å²) in [5, 5.41) is 9.41. The number of anilines is 1. The summed E-state index contributed by atoms with van der Waals surface area (Å²) >= 11 is 0. The third-order valence-electron chi connectivity index (χ3n) is 2.87. The van der Waals surface area contributed by atoms with Crippen LogP contribution < -0.4 is 4.90 Å². The third-order valence-corrected chi connectivity index (χ3v) is 2.87. The number of aromatic hydroxyl groups is 1. The fourth-order valence-corrected chi connectivity index (χ4v) is 2.38. The predicted octanol–water partition coefficient (Wildman–Crippen LogP) is 1.31. The monoisotopic (exact) mass is 161 g/mol. The van der Waals surface area contributed by atoms with Crippen LogP contribution in [0.2, 0.25) is 0 Å². The first-order chi connectivity index (χ1) is 5.84. The van der Waals surface area contributed by atoms with Gasteiger partial charge in [0.25, 0.3) is 0 Å². The maximum Gasteiger partial charge on any atom is 0.116 e. The Morgan fingerprint density at radius 1 is 1.08 bits per heavy atom. The molecule has 2 aliphatic rings. The summed E-state index contributed by atoms with van der Waals surface area (Å²) in [6.45, 7) is 2.29. The zero-order valence-electron chi connectivity index (χ0n) is 6.88. The fourth-order valence-electron chi connectivity index (χ4n) is 2.38. The normalized spacial score (nSPS) is 18.5. The molecule has 62 valence electrons. The first-order valence-corrected chi connectivity index (χ1v) is 4.44. The molecule has 2 heteroatoms. The van der Waals surface area contributed by atoms with Crippen molar-refractivity contribution >= 4 is 5.69 Å². The largest absolute Gasteiger partial charge is 0.508 e. The summed E-state index contributed by atoms with van der Waals surface area (Å²) in [5.74, 6) is 0.438. The van der Waals surface area contributed by atoms with Gasteiger partial charge in [0.15, 0.2) is 0 Å². The summed E-state index contributed by atoms with van der Waals surface area (Å²) in [6, 6.07) is 3.81. The highest BCUT2D eigenvalue weighted by Crippen LogP contribution is 2.39. The van der Waals surface area contributed by atoms with Gasteiger partial charge >= 0.3 is 0 Å². The molecule has 0 unspecified atom stereocenters. The number of benzene rings is 1. The van der Waals surface area contributed by atoms with Crippen LogP contribution in [-0.2, 0) is 12.8 Å². The van der Waals surface area contributed by atoms with Crippen LogP contribution in [0.25, 0.3) is 0 Å². The molecule has 0 atom stereocenters. The van der Waals surface area contributed by atoms with Crippen molar-refractivity contribution in [1.82, 2.24) is 0 Å². The number of phenolic OH excluding ortho intramolecular Hbond substituents is 1. The molecule has 0 saturated heterocycles. The molecule has 2 aliphatic heterocycles. The van der Waals surface area contributed by atoms with E-state index >= 15 is 0 Å². The zero-order valence-corrected chi connectivity index (χ0v) is 6.88. The van der Waals surface area contributed by atoms with Crippen LogP contribution in [0.3, 0.4) is 0 Å². The van der Waals surface area contributed by atoms with Gasteiger partial charge in [-0.2, -0.15) is 0 Å². The van der Waals surface area contributed by atoms with E-state index in [9.17, 15) is 5.11 Å². The van der Waals surface area contributed by atoms with Gasteiger partial charge in [0.05, 0.1) is 0 Å². The zero-order chi connectivity index (χ0) is 8.13. The average molecular weight is 161 g/mol. The van der Waals surface area contributed by atoms with E-state index in [4.69, 9.17) is 0 Å². The van der Waals surface area contributed by atoms with Crippen molar-refractivity contribution in [2.24, 2.45) is 0 Å². The number of rotatable bonds is 0. The van der Waals surface area contributed by atoms with Gasteiger partial charge in [0, 0.05) is 18.8 Å². The molecule has 0 fully saturated rings. The Bertz CT molecular complexity index is 317. The second-order valence-corrected chi connectivity index (χ2v) is 3.60. The minimum Gasteiger partial charge on any atom is -0.508 e. The van der Waals surface area contributed by atoms with Crippen LogP contribution in [-0.4, -0.2) is 18.2 Å². The van der Waals surface area contributed by atoms with Crippen molar-refractivity contribution in [3.8, 4) is 5.75 Å². The van der Waals surface area contributed by atoms with Crippen molar-refractivity contribution < 1.29 is 5.11 Å². The Morgan fingerprint density at radius 3 is 2.25 bits per heavy atom. The molecular weight excluding hydrogens is 150 g/mol. The van der Waals surface area contributed by atoms with E-state index in [2.05, 4.69) is 4.90 Å². The first kappa shape index (κ1) is 6.35. The van der Waals surface area contributed by atoms with Crippen LogP contribution in [0.5, 0.6) is 5.75 Å². The molecule has 0 bridgehead atoms.